The number of hydrazine groups is 1. The second-order valence-electron chi connectivity index (χ2n) is 8.96. The lowest BCUT2D eigenvalue weighted by Crippen LogP contribution is -2.51. The van der Waals surface area contributed by atoms with Crippen molar-refractivity contribution in [2.45, 2.75) is 57.2 Å². The van der Waals surface area contributed by atoms with Gasteiger partial charge in [0.2, 0.25) is 5.91 Å². The largest absolute Gasteiger partial charge is 0.381 e. The van der Waals surface area contributed by atoms with Crippen LogP contribution in [0.2, 0.25) is 0 Å². The number of amides is 2. The van der Waals surface area contributed by atoms with Gasteiger partial charge in [0.15, 0.2) is 0 Å². The van der Waals surface area contributed by atoms with Crippen molar-refractivity contribution < 1.29 is 14.3 Å². The van der Waals surface area contributed by atoms with E-state index in [-0.39, 0.29) is 23.6 Å². The predicted octanol–water partition coefficient (Wildman–Crippen LogP) is 1.57. The van der Waals surface area contributed by atoms with Crippen LogP contribution in [-0.4, -0.2) is 63.4 Å². The van der Waals surface area contributed by atoms with Gasteiger partial charge in [-0.15, -0.1) is 0 Å². The Labute approximate surface area is 198 Å². The maximum absolute atomic E-state index is 13.1. The lowest BCUT2D eigenvalue weighted by Gasteiger charge is -2.31. The number of hydrogen-bond acceptors (Lipinski definition) is 7. The first-order chi connectivity index (χ1) is 16.7. The summed E-state index contributed by atoms with van der Waals surface area (Å²) < 4.78 is 7.39. The van der Waals surface area contributed by atoms with Crippen LogP contribution in [0.4, 0.5) is 0 Å². The van der Waals surface area contributed by atoms with E-state index in [4.69, 9.17) is 4.74 Å². The van der Waals surface area contributed by atoms with E-state index < -0.39 is 6.04 Å². The lowest BCUT2D eigenvalue weighted by atomic mass is 10.1. The second-order valence-corrected chi connectivity index (χ2v) is 8.96. The summed E-state index contributed by atoms with van der Waals surface area (Å²) in [5.74, 6) is -0.498. The van der Waals surface area contributed by atoms with Crippen LogP contribution in [0.1, 0.15) is 49.0 Å². The smallest absolute Gasteiger partial charge is 0.274 e. The number of fused-ring (bicyclic) bond motifs is 6. The number of nitrogens with one attached hydrogen (secondary N) is 3. The first-order valence-corrected chi connectivity index (χ1v) is 12.1. The molecule has 0 aromatic carbocycles. The van der Waals surface area contributed by atoms with Gasteiger partial charge < -0.3 is 20.4 Å². The Balaban J connectivity index is 1.41. The highest BCUT2D eigenvalue weighted by atomic mass is 16.5. The van der Waals surface area contributed by atoms with Crippen molar-refractivity contribution >= 4 is 11.8 Å². The molecule has 1 saturated heterocycles. The van der Waals surface area contributed by atoms with Crippen LogP contribution in [0.3, 0.4) is 0 Å². The summed E-state index contributed by atoms with van der Waals surface area (Å²) in [7, 11) is 0. The molecule has 5 rings (SSSR count). The molecule has 3 aliphatic heterocycles. The third-order valence-corrected chi connectivity index (χ3v) is 6.50. The Morgan fingerprint density at radius 3 is 2.74 bits per heavy atom. The Morgan fingerprint density at radius 2 is 1.85 bits per heavy atom. The van der Waals surface area contributed by atoms with Gasteiger partial charge in [-0.2, -0.15) is 5.10 Å². The van der Waals surface area contributed by atoms with Crippen molar-refractivity contribution in [1.82, 2.24) is 35.8 Å². The topological polar surface area (TPSA) is 113 Å². The maximum Gasteiger partial charge on any atom is 0.274 e. The number of aromatic nitrogens is 3. The fraction of sp³-hybridized carbons (Fsp3) is 0.500. The molecule has 34 heavy (non-hydrogen) atoms. The summed E-state index contributed by atoms with van der Waals surface area (Å²) >= 11 is 0. The minimum atomic E-state index is -0.660. The Kier molecular flexibility index (Phi) is 6.87. The highest BCUT2D eigenvalue weighted by Crippen LogP contribution is 2.21. The molecule has 180 valence electrons. The molecule has 1 unspecified atom stereocenters. The summed E-state index contributed by atoms with van der Waals surface area (Å²) in [5.41, 5.74) is 5.67. The maximum atomic E-state index is 13.1. The first-order valence-electron chi connectivity index (χ1n) is 12.1. The zero-order valence-electron chi connectivity index (χ0n) is 19.2. The molecule has 0 saturated carbocycles. The summed E-state index contributed by atoms with van der Waals surface area (Å²) in [6.07, 6.45) is 11.3. The summed E-state index contributed by atoms with van der Waals surface area (Å²) in [6.45, 7) is 2.80. The molecule has 10 nitrogen and oxygen atoms in total. The number of nitrogens with zero attached hydrogens (tertiary/aromatic N) is 4. The van der Waals surface area contributed by atoms with Gasteiger partial charge >= 0.3 is 0 Å². The number of ether oxygens (including phenoxy) is 1. The molecular weight excluding hydrogens is 434 g/mol. The third-order valence-electron chi connectivity index (χ3n) is 6.50. The van der Waals surface area contributed by atoms with Gasteiger partial charge in [0, 0.05) is 50.3 Å². The molecule has 4 bridgehead atoms. The van der Waals surface area contributed by atoms with E-state index in [2.05, 4.69) is 26.1 Å². The summed E-state index contributed by atoms with van der Waals surface area (Å²) in [4.78, 5) is 30.7. The van der Waals surface area contributed by atoms with Crippen molar-refractivity contribution in [3.8, 4) is 11.3 Å². The Hall–Kier alpha value is -3.24. The molecular formula is C24H31N7O3. The van der Waals surface area contributed by atoms with Crippen LogP contribution in [0.15, 0.2) is 42.5 Å². The quantitative estimate of drug-likeness (QED) is 0.586. The minimum absolute atomic E-state index is 0.147. The van der Waals surface area contributed by atoms with Crippen LogP contribution in [0.5, 0.6) is 0 Å². The molecule has 2 aromatic rings. The number of hydrogen-bond donors (Lipinski definition) is 3. The summed E-state index contributed by atoms with van der Waals surface area (Å²) in [6, 6.07) is 4.91. The van der Waals surface area contributed by atoms with Crippen LogP contribution >= 0.6 is 0 Å². The molecule has 0 spiro atoms. The van der Waals surface area contributed by atoms with Crippen molar-refractivity contribution in [3.63, 3.8) is 0 Å². The van der Waals surface area contributed by atoms with Crippen LogP contribution < -0.4 is 16.1 Å². The zero-order chi connectivity index (χ0) is 23.3. The molecule has 3 aliphatic rings. The van der Waals surface area contributed by atoms with Gasteiger partial charge in [-0.1, -0.05) is 18.9 Å². The fourth-order valence-corrected chi connectivity index (χ4v) is 4.56. The van der Waals surface area contributed by atoms with E-state index in [9.17, 15) is 9.59 Å². The number of pyridine rings is 1. The Morgan fingerprint density at radius 1 is 1.03 bits per heavy atom. The van der Waals surface area contributed by atoms with E-state index in [1.54, 1.807) is 12.3 Å². The van der Waals surface area contributed by atoms with E-state index in [1.807, 2.05) is 34.2 Å². The number of carbonyl (C=O) groups excluding carboxylic acids is 2. The molecule has 5 heterocycles. The molecule has 1 atom stereocenters. The zero-order valence-corrected chi connectivity index (χ0v) is 19.2. The van der Waals surface area contributed by atoms with Gasteiger partial charge in [0.05, 0.1) is 17.6 Å². The molecule has 1 fully saturated rings. The van der Waals surface area contributed by atoms with E-state index in [0.29, 0.717) is 31.1 Å². The molecule has 2 amide bonds. The standard InChI is InChI=1S/C24H31N7O3/c32-23-20-7-5-6-19(27-20)17-14-26-30(15-17)11-4-2-1-3-10-25-24(33)22-21(28-23)16-31(29-22)18-8-12-34-13-9-18/h5-7,14-16,18,22,29H,1-4,8-13H2,(H,25,33)(H,28,32). The van der Waals surface area contributed by atoms with Gasteiger partial charge in [-0.25, -0.2) is 10.4 Å². The molecule has 10 heteroatoms. The van der Waals surface area contributed by atoms with Gasteiger partial charge in [-0.05, 0) is 37.8 Å². The second kappa shape index (κ2) is 10.4. The molecule has 2 aromatic heterocycles. The van der Waals surface area contributed by atoms with Crippen molar-refractivity contribution in [2.75, 3.05) is 19.8 Å². The predicted molar refractivity (Wildman–Crippen MR) is 125 cm³/mol. The van der Waals surface area contributed by atoms with E-state index >= 15 is 0 Å². The SMILES string of the molecule is O=C1NC2=CN(C3CCOCC3)NC2C(=O)NCCCCCCn2cc(cn2)-c2cccc1n2. The van der Waals surface area contributed by atoms with Crippen molar-refractivity contribution in [2.24, 2.45) is 0 Å². The van der Waals surface area contributed by atoms with Crippen LogP contribution in [0, 0.1) is 0 Å². The van der Waals surface area contributed by atoms with Crippen molar-refractivity contribution in [1.29, 1.82) is 0 Å². The van der Waals surface area contributed by atoms with Crippen molar-refractivity contribution in [3.05, 3.63) is 48.2 Å². The average Bonchev–Trinajstić information content (AvgIpc) is 3.51. The molecule has 0 aliphatic carbocycles. The molecule has 0 radical (unpaired) electrons. The third kappa shape index (κ3) is 5.13. The highest BCUT2D eigenvalue weighted by Gasteiger charge is 2.35. The first kappa shape index (κ1) is 22.5. The Bertz CT molecular complexity index is 1060. The summed E-state index contributed by atoms with van der Waals surface area (Å²) in [5, 5.41) is 12.3. The molecule has 3 N–H and O–H groups in total. The van der Waals surface area contributed by atoms with E-state index in [1.165, 1.54) is 0 Å². The van der Waals surface area contributed by atoms with E-state index in [0.717, 1.165) is 50.6 Å². The van der Waals surface area contributed by atoms with Gasteiger partial charge in [0.1, 0.15) is 11.7 Å². The lowest BCUT2D eigenvalue weighted by molar-refractivity contribution is -0.123. The monoisotopic (exact) mass is 465 g/mol. The average molecular weight is 466 g/mol. The number of aryl methyl sites for hydroxylation is 1. The highest BCUT2D eigenvalue weighted by molar-refractivity contribution is 5.95. The number of carbonyl (C=O) groups is 2. The number of rotatable bonds is 1. The van der Waals surface area contributed by atoms with Crippen LogP contribution in [-0.2, 0) is 16.1 Å². The van der Waals surface area contributed by atoms with Gasteiger partial charge in [0.25, 0.3) is 5.91 Å². The normalized spacial score (nSPS) is 22.8. The fourth-order valence-electron chi connectivity index (χ4n) is 4.56. The van der Waals surface area contributed by atoms with Gasteiger partial charge in [-0.3, -0.25) is 14.3 Å². The van der Waals surface area contributed by atoms with Crippen LogP contribution in [0.25, 0.3) is 11.3 Å². The minimum Gasteiger partial charge on any atom is -0.381 e.